The third-order valence-corrected chi connectivity index (χ3v) is 5.25. The van der Waals surface area contributed by atoms with E-state index in [0.29, 0.717) is 32.2 Å². The second-order valence-corrected chi connectivity index (χ2v) is 7.86. The highest BCUT2D eigenvalue weighted by Gasteiger charge is 2.13. The molecule has 28 heavy (non-hydrogen) atoms. The van der Waals surface area contributed by atoms with Crippen LogP contribution in [0.1, 0.15) is 16.7 Å². The van der Waals surface area contributed by atoms with Crippen molar-refractivity contribution in [3.63, 3.8) is 0 Å². The first-order valence-corrected chi connectivity index (χ1v) is 9.78. The van der Waals surface area contributed by atoms with E-state index >= 15 is 0 Å². The fourth-order valence-electron chi connectivity index (χ4n) is 2.91. The molecule has 0 fully saturated rings. The maximum Gasteiger partial charge on any atom is 0.228 e. The second kappa shape index (κ2) is 7.41. The molecule has 0 aliphatic heterocycles. The zero-order chi connectivity index (χ0) is 19.8. The predicted molar refractivity (Wildman–Crippen MR) is 117 cm³/mol. The van der Waals surface area contributed by atoms with E-state index in [2.05, 4.69) is 25.9 Å². The molecule has 0 saturated heterocycles. The molecule has 0 aliphatic carbocycles. The van der Waals surface area contributed by atoms with Gasteiger partial charge < -0.3 is 9.52 Å². The van der Waals surface area contributed by atoms with Crippen molar-refractivity contribution >= 4 is 50.5 Å². The molecule has 0 saturated carbocycles. The first-order chi connectivity index (χ1) is 13.4. The third-order valence-electron chi connectivity index (χ3n) is 4.31. The van der Waals surface area contributed by atoms with Crippen LogP contribution in [0.4, 0.5) is 5.69 Å². The minimum absolute atomic E-state index is 0.151. The lowest BCUT2D eigenvalue weighted by Gasteiger charge is -2.04. The molecule has 0 unspecified atom stereocenters. The molecule has 0 amide bonds. The highest BCUT2D eigenvalue weighted by Crippen LogP contribution is 2.34. The molecule has 1 heterocycles. The fraction of sp³-hybridized carbons (Fsp3) is 0.0909. The van der Waals surface area contributed by atoms with E-state index in [1.165, 1.54) is 0 Å². The Hall–Kier alpha value is -2.63. The van der Waals surface area contributed by atoms with Crippen molar-refractivity contribution in [2.24, 2.45) is 4.99 Å². The molecule has 1 N–H and O–H groups in total. The highest BCUT2D eigenvalue weighted by molar-refractivity contribution is 9.10. The van der Waals surface area contributed by atoms with Crippen molar-refractivity contribution in [1.82, 2.24) is 4.98 Å². The minimum atomic E-state index is 0.151. The molecule has 1 aromatic heterocycles. The number of aryl methyl sites for hydroxylation is 2. The summed E-state index contributed by atoms with van der Waals surface area (Å²) in [6.07, 6.45) is 1.62. The summed E-state index contributed by atoms with van der Waals surface area (Å²) >= 11 is 9.72. The van der Waals surface area contributed by atoms with E-state index in [1.807, 2.05) is 50.2 Å². The number of aliphatic imine (C=N–C) groups is 1. The topological polar surface area (TPSA) is 58.6 Å². The van der Waals surface area contributed by atoms with E-state index in [0.717, 1.165) is 22.2 Å². The normalized spacial score (nSPS) is 11.6. The summed E-state index contributed by atoms with van der Waals surface area (Å²) in [5, 5.41) is 10.7. The Balaban J connectivity index is 1.73. The summed E-state index contributed by atoms with van der Waals surface area (Å²) in [4.78, 5) is 9.01. The first kappa shape index (κ1) is 18.7. The van der Waals surface area contributed by atoms with Crippen molar-refractivity contribution < 1.29 is 9.52 Å². The van der Waals surface area contributed by atoms with Gasteiger partial charge in [-0.2, -0.15) is 0 Å². The van der Waals surface area contributed by atoms with Gasteiger partial charge in [0.15, 0.2) is 5.58 Å². The quantitative estimate of drug-likeness (QED) is 0.339. The van der Waals surface area contributed by atoms with Gasteiger partial charge in [0.2, 0.25) is 5.89 Å². The Morgan fingerprint density at radius 3 is 2.71 bits per heavy atom. The number of benzene rings is 3. The van der Waals surface area contributed by atoms with Gasteiger partial charge in [0, 0.05) is 11.8 Å². The number of halogens is 2. The molecule has 0 atom stereocenters. The number of phenols is 1. The van der Waals surface area contributed by atoms with Gasteiger partial charge in [-0.3, -0.25) is 4.99 Å². The van der Waals surface area contributed by atoms with Crippen LogP contribution in [0, 0.1) is 13.8 Å². The monoisotopic (exact) mass is 454 g/mol. The number of nitrogens with zero attached hydrogens (tertiary/aromatic N) is 2. The van der Waals surface area contributed by atoms with Crippen LogP contribution in [-0.4, -0.2) is 16.3 Å². The van der Waals surface area contributed by atoms with Crippen LogP contribution in [0.25, 0.3) is 22.6 Å². The zero-order valence-corrected chi connectivity index (χ0v) is 17.5. The molecule has 4 rings (SSSR count). The van der Waals surface area contributed by atoms with Crippen molar-refractivity contribution in [2.75, 3.05) is 0 Å². The van der Waals surface area contributed by atoms with Crippen LogP contribution in [0.2, 0.25) is 5.02 Å². The molecular formula is C22H16BrClN2O2. The summed E-state index contributed by atoms with van der Waals surface area (Å²) in [6.45, 7) is 3.96. The van der Waals surface area contributed by atoms with Gasteiger partial charge >= 0.3 is 0 Å². The number of hydrogen-bond donors (Lipinski definition) is 1. The van der Waals surface area contributed by atoms with E-state index in [-0.39, 0.29) is 5.75 Å². The average molecular weight is 456 g/mol. The minimum Gasteiger partial charge on any atom is -0.506 e. The lowest BCUT2D eigenvalue weighted by molar-refractivity contribution is 0.471. The predicted octanol–water partition coefficient (Wildman–Crippen LogP) is 6.98. The summed E-state index contributed by atoms with van der Waals surface area (Å²) in [6, 6.07) is 15.0. The number of oxazole rings is 1. The maximum atomic E-state index is 10.2. The average Bonchev–Trinajstić information content (AvgIpc) is 3.07. The number of aromatic hydroxyl groups is 1. The van der Waals surface area contributed by atoms with Gasteiger partial charge in [0.25, 0.3) is 0 Å². The summed E-state index contributed by atoms with van der Waals surface area (Å²) in [5.41, 5.74) is 5.58. The Bertz CT molecular complexity index is 1230. The van der Waals surface area contributed by atoms with E-state index in [1.54, 1.807) is 18.3 Å². The van der Waals surface area contributed by atoms with E-state index < -0.39 is 0 Å². The Morgan fingerprint density at radius 2 is 1.89 bits per heavy atom. The van der Waals surface area contributed by atoms with Gasteiger partial charge in [0.05, 0.1) is 20.7 Å². The molecule has 0 bridgehead atoms. The van der Waals surface area contributed by atoms with Gasteiger partial charge in [-0.05, 0) is 83.4 Å². The van der Waals surface area contributed by atoms with Crippen LogP contribution in [0.5, 0.6) is 5.75 Å². The van der Waals surface area contributed by atoms with Crippen molar-refractivity contribution in [1.29, 1.82) is 0 Å². The summed E-state index contributed by atoms with van der Waals surface area (Å²) < 4.78 is 6.52. The van der Waals surface area contributed by atoms with E-state index in [9.17, 15) is 5.11 Å². The Kier molecular flexibility index (Phi) is 4.96. The number of phenolic OH excluding ortho intramolecular Hbond substituents is 1. The van der Waals surface area contributed by atoms with Gasteiger partial charge in [-0.1, -0.05) is 17.7 Å². The van der Waals surface area contributed by atoms with Crippen molar-refractivity contribution in [2.45, 2.75) is 13.8 Å². The molecule has 6 heteroatoms. The molecule has 3 aromatic carbocycles. The molecule has 0 spiro atoms. The second-order valence-electron chi connectivity index (χ2n) is 6.60. The summed E-state index contributed by atoms with van der Waals surface area (Å²) in [5.74, 6) is 0.599. The Morgan fingerprint density at radius 1 is 1.07 bits per heavy atom. The molecule has 4 nitrogen and oxygen atoms in total. The fourth-order valence-corrected chi connectivity index (χ4v) is 3.70. The number of fused-ring (bicyclic) bond motifs is 1. The molecule has 0 radical (unpaired) electrons. The van der Waals surface area contributed by atoms with Crippen molar-refractivity contribution in [3.8, 4) is 17.2 Å². The smallest absolute Gasteiger partial charge is 0.228 e. The lowest BCUT2D eigenvalue weighted by Crippen LogP contribution is -1.86. The number of aromatic nitrogens is 1. The van der Waals surface area contributed by atoms with Crippen LogP contribution >= 0.6 is 27.5 Å². The van der Waals surface area contributed by atoms with Crippen LogP contribution in [0.15, 0.2) is 62.4 Å². The SMILES string of the molecule is Cc1cc(Br)c(O)c(C=Nc2ccc(Cl)c(-c3nc4ccc(C)cc4o3)c2)c1. The maximum absolute atomic E-state index is 10.2. The first-order valence-electron chi connectivity index (χ1n) is 8.61. The lowest BCUT2D eigenvalue weighted by atomic mass is 10.1. The highest BCUT2D eigenvalue weighted by atomic mass is 79.9. The van der Waals surface area contributed by atoms with Gasteiger partial charge in [-0.25, -0.2) is 4.98 Å². The van der Waals surface area contributed by atoms with E-state index in [4.69, 9.17) is 16.0 Å². The standard InChI is InChI=1S/C22H16BrClN2O2/c1-12-3-6-19-20(9-12)28-22(26-19)16-10-15(4-5-18(16)24)25-11-14-7-13(2)8-17(23)21(14)27/h3-11,27H,1-2H3. The largest absolute Gasteiger partial charge is 0.506 e. The third kappa shape index (κ3) is 3.68. The Labute approximate surface area is 175 Å². The van der Waals surface area contributed by atoms with Crippen molar-refractivity contribution in [3.05, 3.63) is 74.7 Å². The molecular weight excluding hydrogens is 440 g/mol. The summed E-state index contributed by atoms with van der Waals surface area (Å²) in [7, 11) is 0. The molecule has 140 valence electrons. The van der Waals surface area contributed by atoms with Gasteiger partial charge in [0.1, 0.15) is 11.3 Å². The van der Waals surface area contributed by atoms with Crippen LogP contribution in [-0.2, 0) is 0 Å². The van der Waals surface area contributed by atoms with Crippen LogP contribution < -0.4 is 0 Å². The van der Waals surface area contributed by atoms with Gasteiger partial charge in [-0.15, -0.1) is 0 Å². The number of hydrogen-bond acceptors (Lipinski definition) is 4. The molecule has 0 aliphatic rings. The van der Waals surface area contributed by atoms with Crippen LogP contribution in [0.3, 0.4) is 0 Å². The molecule has 4 aromatic rings. The number of rotatable bonds is 3. The zero-order valence-electron chi connectivity index (χ0n) is 15.2.